The van der Waals surface area contributed by atoms with Crippen molar-refractivity contribution in [3.05, 3.63) is 50.1 Å². The number of H-pyrrole nitrogens is 1. The van der Waals surface area contributed by atoms with E-state index in [0.717, 1.165) is 5.69 Å². The van der Waals surface area contributed by atoms with Crippen LogP contribution in [0.2, 0.25) is 0 Å². The summed E-state index contributed by atoms with van der Waals surface area (Å²) in [5.74, 6) is 0.118. The third-order valence-electron chi connectivity index (χ3n) is 2.89. The fourth-order valence-corrected chi connectivity index (χ4v) is 2.34. The summed E-state index contributed by atoms with van der Waals surface area (Å²) in [5, 5.41) is 3.08. The SMILES string of the molecule is O=c1[nH]c(-c2ccc(F)c(Br)c2)nc2c1CNC2. The molecule has 6 heteroatoms. The summed E-state index contributed by atoms with van der Waals surface area (Å²) < 4.78 is 13.5. The van der Waals surface area contributed by atoms with Gasteiger partial charge >= 0.3 is 0 Å². The molecule has 0 saturated heterocycles. The van der Waals surface area contributed by atoms with Crippen LogP contribution in [-0.4, -0.2) is 9.97 Å². The Morgan fingerprint density at radius 3 is 2.94 bits per heavy atom. The Labute approximate surface area is 110 Å². The summed E-state index contributed by atoms with van der Waals surface area (Å²) in [4.78, 5) is 19.0. The second-order valence-corrected chi connectivity index (χ2v) is 4.93. The van der Waals surface area contributed by atoms with E-state index >= 15 is 0 Å². The molecule has 2 N–H and O–H groups in total. The van der Waals surface area contributed by atoms with Crippen molar-refractivity contribution in [2.45, 2.75) is 13.1 Å². The number of aromatic amines is 1. The van der Waals surface area contributed by atoms with Crippen molar-refractivity contribution in [2.24, 2.45) is 0 Å². The average Bonchev–Trinajstić information content (AvgIpc) is 2.81. The van der Waals surface area contributed by atoms with Crippen molar-refractivity contribution in [1.29, 1.82) is 0 Å². The Hall–Kier alpha value is -1.53. The second-order valence-electron chi connectivity index (χ2n) is 4.07. The fourth-order valence-electron chi connectivity index (χ4n) is 1.96. The summed E-state index contributed by atoms with van der Waals surface area (Å²) in [7, 11) is 0. The number of hydrogen-bond acceptors (Lipinski definition) is 3. The predicted molar refractivity (Wildman–Crippen MR) is 68.5 cm³/mol. The van der Waals surface area contributed by atoms with Gasteiger partial charge in [0.2, 0.25) is 0 Å². The van der Waals surface area contributed by atoms with Gasteiger partial charge in [-0.25, -0.2) is 9.37 Å². The highest BCUT2D eigenvalue weighted by Crippen LogP contribution is 2.23. The van der Waals surface area contributed by atoms with Gasteiger partial charge in [-0.3, -0.25) is 4.79 Å². The number of rotatable bonds is 1. The molecule has 0 aliphatic carbocycles. The van der Waals surface area contributed by atoms with Gasteiger partial charge < -0.3 is 10.3 Å². The van der Waals surface area contributed by atoms with Crippen molar-refractivity contribution in [3.63, 3.8) is 0 Å². The third-order valence-corrected chi connectivity index (χ3v) is 3.50. The lowest BCUT2D eigenvalue weighted by molar-refractivity contribution is 0.621. The number of aromatic nitrogens is 2. The molecule has 2 aromatic rings. The molecule has 2 heterocycles. The van der Waals surface area contributed by atoms with Gasteiger partial charge in [-0.1, -0.05) is 0 Å². The maximum atomic E-state index is 13.2. The van der Waals surface area contributed by atoms with E-state index in [4.69, 9.17) is 0 Å². The summed E-state index contributed by atoms with van der Waals surface area (Å²) in [5.41, 5.74) is 1.98. The molecule has 0 saturated carbocycles. The van der Waals surface area contributed by atoms with Crippen LogP contribution >= 0.6 is 15.9 Å². The molecule has 1 aromatic carbocycles. The molecule has 0 amide bonds. The Morgan fingerprint density at radius 1 is 1.33 bits per heavy atom. The van der Waals surface area contributed by atoms with E-state index in [1.54, 1.807) is 12.1 Å². The maximum Gasteiger partial charge on any atom is 0.255 e. The molecular weight excluding hydrogens is 301 g/mol. The van der Waals surface area contributed by atoms with E-state index in [1.807, 2.05) is 0 Å². The van der Waals surface area contributed by atoms with Gasteiger partial charge in [-0.2, -0.15) is 0 Å². The Kier molecular flexibility index (Phi) is 2.76. The van der Waals surface area contributed by atoms with Crippen molar-refractivity contribution in [1.82, 2.24) is 15.3 Å². The van der Waals surface area contributed by atoms with E-state index < -0.39 is 0 Å². The predicted octanol–water partition coefficient (Wildman–Crippen LogP) is 1.94. The molecular formula is C12H9BrFN3O. The lowest BCUT2D eigenvalue weighted by Crippen LogP contribution is -2.15. The number of nitrogens with zero attached hydrogens (tertiary/aromatic N) is 1. The highest BCUT2D eigenvalue weighted by atomic mass is 79.9. The Balaban J connectivity index is 2.15. The molecule has 0 spiro atoms. The minimum absolute atomic E-state index is 0.138. The molecule has 18 heavy (non-hydrogen) atoms. The average molecular weight is 310 g/mol. The zero-order valence-corrected chi connectivity index (χ0v) is 10.8. The summed E-state index contributed by atoms with van der Waals surface area (Å²) >= 11 is 3.12. The molecule has 0 unspecified atom stereocenters. The van der Waals surface area contributed by atoms with Crippen molar-refractivity contribution in [3.8, 4) is 11.4 Å². The van der Waals surface area contributed by atoms with Gasteiger partial charge in [0.15, 0.2) is 0 Å². The van der Waals surface area contributed by atoms with Gasteiger partial charge in [-0.05, 0) is 34.1 Å². The second kappa shape index (κ2) is 4.29. The van der Waals surface area contributed by atoms with Crippen LogP contribution in [0, 0.1) is 5.82 Å². The lowest BCUT2D eigenvalue weighted by atomic mass is 10.2. The molecule has 0 bridgehead atoms. The van der Waals surface area contributed by atoms with Gasteiger partial charge in [-0.15, -0.1) is 0 Å². The molecule has 3 rings (SSSR count). The number of hydrogen-bond donors (Lipinski definition) is 2. The fraction of sp³-hybridized carbons (Fsp3) is 0.167. The van der Waals surface area contributed by atoms with Crippen LogP contribution in [0.1, 0.15) is 11.3 Å². The molecule has 0 radical (unpaired) electrons. The monoisotopic (exact) mass is 309 g/mol. The Morgan fingerprint density at radius 2 is 2.17 bits per heavy atom. The van der Waals surface area contributed by atoms with Crippen molar-refractivity contribution >= 4 is 15.9 Å². The molecule has 0 atom stereocenters. The minimum atomic E-state index is -0.344. The molecule has 0 fully saturated rings. The van der Waals surface area contributed by atoms with Crippen molar-refractivity contribution < 1.29 is 4.39 Å². The van der Waals surface area contributed by atoms with Gasteiger partial charge in [0, 0.05) is 18.7 Å². The third kappa shape index (κ3) is 1.87. The maximum absolute atomic E-state index is 13.2. The van der Waals surface area contributed by atoms with E-state index in [1.165, 1.54) is 6.07 Å². The Bertz CT molecular complexity index is 684. The summed E-state index contributed by atoms with van der Waals surface area (Å²) in [6.45, 7) is 1.14. The van der Waals surface area contributed by atoms with Crippen LogP contribution in [0.5, 0.6) is 0 Å². The molecule has 4 nitrogen and oxygen atoms in total. The zero-order chi connectivity index (χ0) is 12.7. The van der Waals surface area contributed by atoms with E-state index in [-0.39, 0.29) is 11.4 Å². The van der Waals surface area contributed by atoms with Crippen LogP contribution in [0.25, 0.3) is 11.4 Å². The van der Waals surface area contributed by atoms with Crippen LogP contribution < -0.4 is 10.9 Å². The normalized spacial score (nSPS) is 13.7. The first-order chi connectivity index (χ1) is 8.65. The van der Waals surface area contributed by atoms with Crippen LogP contribution in [-0.2, 0) is 13.1 Å². The molecule has 1 aromatic heterocycles. The summed E-state index contributed by atoms with van der Waals surface area (Å²) in [6, 6.07) is 4.53. The van der Waals surface area contributed by atoms with Gasteiger partial charge in [0.1, 0.15) is 11.6 Å². The number of nitrogens with one attached hydrogen (secondary N) is 2. The standard InChI is InChI=1S/C12H9BrFN3O/c13-8-3-6(1-2-9(8)14)11-16-10-5-15-4-7(10)12(18)17-11/h1-3,15H,4-5H2,(H,16,17,18). The number of halogens is 2. The van der Waals surface area contributed by atoms with Crippen LogP contribution in [0.4, 0.5) is 4.39 Å². The van der Waals surface area contributed by atoms with E-state index in [2.05, 4.69) is 31.2 Å². The number of fused-ring (bicyclic) bond motifs is 1. The quantitative estimate of drug-likeness (QED) is 0.846. The molecule has 92 valence electrons. The minimum Gasteiger partial charge on any atom is -0.307 e. The largest absolute Gasteiger partial charge is 0.307 e. The van der Waals surface area contributed by atoms with Crippen LogP contribution in [0.15, 0.2) is 27.5 Å². The van der Waals surface area contributed by atoms with Crippen molar-refractivity contribution in [2.75, 3.05) is 0 Å². The summed E-state index contributed by atoms with van der Waals surface area (Å²) in [6.07, 6.45) is 0. The highest BCUT2D eigenvalue weighted by Gasteiger charge is 2.17. The first-order valence-corrected chi connectivity index (χ1v) is 6.22. The lowest BCUT2D eigenvalue weighted by Gasteiger charge is -2.04. The number of benzene rings is 1. The first kappa shape index (κ1) is 11.6. The van der Waals surface area contributed by atoms with E-state index in [9.17, 15) is 9.18 Å². The smallest absolute Gasteiger partial charge is 0.255 e. The van der Waals surface area contributed by atoms with Gasteiger partial charge in [0.05, 0.1) is 15.7 Å². The molecule has 1 aliphatic rings. The molecule has 1 aliphatic heterocycles. The zero-order valence-electron chi connectivity index (χ0n) is 9.26. The first-order valence-electron chi connectivity index (χ1n) is 5.43. The van der Waals surface area contributed by atoms with Gasteiger partial charge in [0.25, 0.3) is 5.56 Å². The topological polar surface area (TPSA) is 57.8 Å². The van der Waals surface area contributed by atoms with E-state index in [0.29, 0.717) is 34.5 Å². The highest BCUT2D eigenvalue weighted by molar-refractivity contribution is 9.10. The van der Waals surface area contributed by atoms with Crippen LogP contribution in [0.3, 0.4) is 0 Å².